The predicted octanol–water partition coefficient (Wildman–Crippen LogP) is -2.62. The zero-order chi connectivity index (χ0) is 12.8. The summed E-state index contributed by atoms with van der Waals surface area (Å²) in [6.07, 6.45) is -3.19. The van der Waals surface area contributed by atoms with E-state index >= 15 is 0 Å². The fraction of sp³-hybridized carbons (Fsp3) is 1.00. The van der Waals surface area contributed by atoms with Gasteiger partial charge in [-0.05, 0) is 7.05 Å². The molecule has 0 saturated carbocycles. The first-order valence-corrected chi connectivity index (χ1v) is 5.55. The summed E-state index contributed by atoms with van der Waals surface area (Å²) in [5.74, 6) is 0. The van der Waals surface area contributed by atoms with E-state index in [1.165, 1.54) is 7.11 Å². The van der Waals surface area contributed by atoms with Crippen LogP contribution >= 0.6 is 0 Å². The maximum atomic E-state index is 9.87. The Morgan fingerprint density at radius 3 is 2.65 bits per heavy atom. The molecule has 17 heavy (non-hydrogen) atoms. The predicted molar refractivity (Wildman–Crippen MR) is 60.4 cm³/mol. The first-order chi connectivity index (χ1) is 8.13. The minimum atomic E-state index is -1.16. The summed E-state index contributed by atoms with van der Waals surface area (Å²) in [4.78, 5) is 0. The van der Waals surface area contributed by atoms with E-state index in [0.29, 0.717) is 6.44 Å². The van der Waals surface area contributed by atoms with Gasteiger partial charge in [0.1, 0.15) is 12.2 Å². The van der Waals surface area contributed by atoms with Gasteiger partial charge in [0.25, 0.3) is 0 Å². The molecule has 4 N–H and O–H groups in total. The van der Waals surface area contributed by atoms with Gasteiger partial charge in [-0.1, -0.05) is 0 Å². The Morgan fingerprint density at radius 1 is 1.41 bits per heavy atom. The monoisotopic (exact) mass is 249 g/mol. The first kappa shape index (κ1) is 14.8. The molecule has 1 rings (SSSR count). The van der Waals surface area contributed by atoms with Crippen LogP contribution in [-0.4, -0.2) is 80.7 Å². The molecule has 0 aromatic heterocycles. The average Bonchev–Trinajstić information content (AvgIpc) is 2.72. The van der Waals surface area contributed by atoms with Gasteiger partial charge in [0.2, 0.25) is 0 Å². The molecular formula is C9H20BNO6. The number of ether oxygens (including phenoxy) is 1. The standard InChI is InChI=1S/C9H20BNO6/c1-11-5-10-16-7(3-12)9(17-10)8(14)6(13)4-15-2/h6-9,11-14H,3-5H2,1-2H3. The van der Waals surface area contributed by atoms with Crippen molar-refractivity contribution in [2.45, 2.75) is 24.4 Å². The van der Waals surface area contributed by atoms with Crippen molar-refractivity contribution in [1.29, 1.82) is 0 Å². The normalized spacial score (nSPS) is 28.4. The van der Waals surface area contributed by atoms with Gasteiger partial charge in [0.05, 0.1) is 25.4 Å². The second-order valence-corrected chi connectivity index (χ2v) is 3.96. The van der Waals surface area contributed by atoms with Crippen LogP contribution in [0.2, 0.25) is 0 Å². The van der Waals surface area contributed by atoms with Gasteiger partial charge in [-0.15, -0.1) is 0 Å². The van der Waals surface area contributed by atoms with E-state index in [1.807, 2.05) is 0 Å². The summed E-state index contributed by atoms with van der Waals surface area (Å²) < 4.78 is 15.5. The molecule has 100 valence electrons. The summed E-state index contributed by atoms with van der Waals surface area (Å²) in [5, 5.41) is 31.5. The van der Waals surface area contributed by atoms with E-state index in [9.17, 15) is 10.2 Å². The SMILES string of the molecule is CNCB1OC(CO)C(C(O)C(O)COC)O1. The van der Waals surface area contributed by atoms with Crippen LogP contribution in [0.15, 0.2) is 0 Å². The smallest absolute Gasteiger partial charge is 0.402 e. The van der Waals surface area contributed by atoms with E-state index in [1.54, 1.807) is 7.05 Å². The van der Waals surface area contributed by atoms with Gasteiger partial charge in [-0.3, -0.25) is 0 Å². The van der Waals surface area contributed by atoms with Gasteiger partial charge >= 0.3 is 7.12 Å². The molecule has 0 aromatic rings. The van der Waals surface area contributed by atoms with Gasteiger partial charge in [0.15, 0.2) is 0 Å². The van der Waals surface area contributed by atoms with Crippen LogP contribution in [0, 0.1) is 0 Å². The third-order valence-electron chi connectivity index (χ3n) is 2.62. The largest absolute Gasteiger partial charge is 0.472 e. The molecule has 0 amide bonds. The van der Waals surface area contributed by atoms with Crippen LogP contribution in [-0.2, 0) is 14.0 Å². The molecule has 1 saturated heterocycles. The zero-order valence-corrected chi connectivity index (χ0v) is 10.1. The minimum absolute atomic E-state index is 0.00410. The molecule has 4 atom stereocenters. The lowest BCUT2D eigenvalue weighted by atomic mass is 9.91. The highest BCUT2D eigenvalue weighted by molar-refractivity contribution is 6.45. The minimum Gasteiger partial charge on any atom is -0.402 e. The summed E-state index contributed by atoms with van der Waals surface area (Å²) in [5.41, 5.74) is 0. The molecule has 1 fully saturated rings. The lowest BCUT2D eigenvalue weighted by Crippen LogP contribution is -2.46. The van der Waals surface area contributed by atoms with Crippen molar-refractivity contribution in [2.24, 2.45) is 0 Å². The molecule has 0 bridgehead atoms. The van der Waals surface area contributed by atoms with E-state index in [4.69, 9.17) is 19.2 Å². The Balaban J connectivity index is 2.55. The molecule has 1 aliphatic rings. The fourth-order valence-corrected chi connectivity index (χ4v) is 1.77. The molecule has 7 nitrogen and oxygen atoms in total. The number of methoxy groups -OCH3 is 1. The van der Waals surface area contributed by atoms with Crippen LogP contribution in [0.1, 0.15) is 0 Å². The highest BCUT2D eigenvalue weighted by Crippen LogP contribution is 2.21. The third kappa shape index (κ3) is 3.89. The van der Waals surface area contributed by atoms with Crippen LogP contribution in [0.5, 0.6) is 0 Å². The third-order valence-corrected chi connectivity index (χ3v) is 2.62. The Kier molecular flexibility index (Phi) is 6.35. The average molecular weight is 249 g/mol. The molecule has 0 radical (unpaired) electrons. The molecule has 8 heteroatoms. The van der Waals surface area contributed by atoms with Gasteiger partial charge in [-0.2, -0.15) is 0 Å². The van der Waals surface area contributed by atoms with Crippen LogP contribution in [0.3, 0.4) is 0 Å². The Hall–Kier alpha value is -0.215. The van der Waals surface area contributed by atoms with Crippen molar-refractivity contribution < 1.29 is 29.4 Å². The van der Waals surface area contributed by atoms with Crippen molar-refractivity contribution >= 4 is 7.12 Å². The second-order valence-electron chi connectivity index (χ2n) is 3.96. The number of hydrogen-bond donors (Lipinski definition) is 4. The highest BCUT2D eigenvalue weighted by Gasteiger charge is 2.44. The summed E-state index contributed by atoms with van der Waals surface area (Å²) >= 11 is 0. The highest BCUT2D eigenvalue weighted by atomic mass is 16.7. The quantitative estimate of drug-likeness (QED) is 0.366. The summed E-state index contributed by atoms with van der Waals surface area (Å²) in [6.45, 7) is -0.280. The summed E-state index contributed by atoms with van der Waals surface area (Å²) in [6, 6.07) is 0. The van der Waals surface area contributed by atoms with Crippen LogP contribution in [0.25, 0.3) is 0 Å². The van der Waals surface area contributed by atoms with Crippen molar-refractivity contribution in [3.8, 4) is 0 Å². The van der Waals surface area contributed by atoms with E-state index in [2.05, 4.69) is 5.32 Å². The van der Waals surface area contributed by atoms with E-state index in [-0.39, 0.29) is 13.2 Å². The Bertz CT molecular complexity index is 218. The lowest BCUT2D eigenvalue weighted by molar-refractivity contribution is -0.0863. The molecular weight excluding hydrogens is 229 g/mol. The Morgan fingerprint density at radius 2 is 2.12 bits per heavy atom. The van der Waals surface area contributed by atoms with Crippen LogP contribution < -0.4 is 5.32 Å². The van der Waals surface area contributed by atoms with Crippen molar-refractivity contribution in [1.82, 2.24) is 5.32 Å². The topological polar surface area (TPSA) is 100 Å². The number of aliphatic hydroxyl groups is 3. The van der Waals surface area contributed by atoms with Gasteiger partial charge < -0.3 is 34.7 Å². The van der Waals surface area contributed by atoms with Gasteiger partial charge in [-0.25, -0.2) is 0 Å². The molecule has 4 unspecified atom stereocenters. The lowest BCUT2D eigenvalue weighted by Gasteiger charge is -2.25. The van der Waals surface area contributed by atoms with Crippen molar-refractivity contribution in [3.05, 3.63) is 0 Å². The fourth-order valence-electron chi connectivity index (χ4n) is 1.77. The second kappa shape index (κ2) is 7.27. The number of rotatable bonds is 7. The molecule has 0 spiro atoms. The molecule has 1 aliphatic heterocycles. The summed E-state index contributed by atoms with van der Waals surface area (Å²) in [7, 11) is 2.63. The number of nitrogens with one attached hydrogen (secondary N) is 1. The van der Waals surface area contributed by atoms with E-state index in [0.717, 1.165) is 0 Å². The zero-order valence-electron chi connectivity index (χ0n) is 10.1. The Labute approximate surface area is 101 Å². The molecule has 0 aromatic carbocycles. The van der Waals surface area contributed by atoms with Crippen LogP contribution in [0.4, 0.5) is 0 Å². The van der Waals surface area contributed by atoms with Crippen molar-refractivity contribution in [3.63, 3.8) is 0 Å². The van der Waals surface area contributed by atoms with E-state index < -0.39 is 31.5 Å². The first-order valence-electron chi connectivity index (χ1n) is 5.55. The number of aliphatic hydroxyl groups excluding tert-OH is 3. The molecule has 0 aliphatic carbocycles. The number of hydrogen-bond acceptors (Lipinski definition) is 7. The molecule has 1 heterocycles. The maximum absolute atomic E-state index is 9.87. The van der Waals surface area contributed by atoms with Crippen molar-refractivity contribution in [2.75, 3.05) is 33.8 Å². The van der Waals surface area contributed by atoms with Gasteiger partial charge in [0, 0.05) is 13.6 Å². The maximum Gasteiger partial charge on any atom is 0.472 e.